The first-order valence-corrected chi connectivity index (χ1v) is 9.18. The molecule has 0 atom stereocenters. The van der Waals surface area contributed by atoms with Crippen molar-refractivity contribution in [2.24, 2.45) is 0 Å². The van der Waals surface area contributed by atoms with Crippen molar-refractivity contribution in [1.29, 1.82) is 0 Å². The lowest BCUT2D eigenvalue weighted by Gasteiger charge is -2.20. The summed E-state index contributed by atoms with van der Waals surface area (Å²) in [5.41, 5.74) is 0.235. The minimum atomic E-state index is -1.10. The highest BCUT2D eigenvalue weighted by molar-refractivity contribution is 6.33. The smallest absolute Gasteiger partial charge is 0.257 e. The van der Waals surface area contributed by atoms with Gasteiger partial charge in [-0.3, -0.25) is 4.79 Å². The molecule has 0 bridgehead atoms. The monoisotopic (exact) mass is 425 g/mol. The standard InChI is InChI=1S/C19H15Cl2F2N3O2/c1-2-9-26(19(27)12-7-8-14(22)16(21)17(12)23)10-15-24-25-18(28-15)11-5-3-4-6-13(11)20/h3-8H,2,9-10H2,1H3. The van der Waals surface area contributed by atoms with E-state index in [4.69, 9.17) is 27.6 Å². The van der Waals surface area contributed by atoms with E-state index < -0.39 is 22.6 Å². The summed E-state index contributed by atoms with van der Waals surface area (Å²) in [7, 11) is 0. The number of nitrogens with zero attached hydrogens (tertiary/aromatic N) is 3. The van der Waals surface area contributed by atoms with Crippen molar-refractivity contribution in [3.8, 4) is 11.5 Å². The van der Waals surface area contributed by atoms with Gasteiger partial charge in [0, 0.05) is 6.54 Å². The van der Waals surface area contributed by atoms with Gasteiger partial charge < -0.3 is 9.32 Å². The van der Waals surface area contributed by atoms with Crippen LogP contribution in [0.5, 0.6) is 0 Å². The molecule has 1 aromatic heterocycles. The summed E-state index contributed by atoms with van der Waals surface area (Å²) < 4.78 is 33.2. The van der Waals surface area contributed by atoms with Crippen LogP contribution in [-0.4, -0.2) is 27.5 Å². The average molecular weight is 426 g/mol. The molecule has 5 nitrogen and oxygen atoms in total. The highest BCUT2D eigenvalue weighted by atomic mass is 35.5. The average Bonchev–Trinajstić information content (AvgIpc) is 3.14. The van der Waals surface area contributed by atoms with E-state index in [1.54, 1.807) is 24.3 Å². The molecule has 0 spiro atoms. The maximum absolute atomic E-state index is 14.2. The lowest BCUT2D eigenvalue weighted by Crippen LogP contribution is -2.32. The molecule has 0 aliphatic heterocycles. The third-order valence-corrected chi connectivity index (χ3v) is 4.62. The van der Waals surface area contributed by atoms with Crippen molar-refractivity contribution in [3.05, 3.63) is 69.5 Å². The van der Waals surface area contributed by atoms with E-state index in [1.807, 2.05) is 6.92 Å². The quantitative estimate of drug-likeness (QED) is 0.497. The van der Waals surface area contributed by atoms with E-state index in [0.717, 1.165) is 12.1 Å². The van der Waals surface area contributed by atoms with Gasteiger partial charge in [-0.25, -0.2) is 8.78 Å². The zero-order valence-corrected chi connectivity index (χ0v) is 16.3. The molecule has 0 aliphatic carbocycles. The molecule has 1 amide bonds. The number of hydrogen-bond acceptors (Lipinski definition) is 4. The zero-order chi connectivity index (χ0) is 20.3. The Morgan fingerprint density at radius 1 is 1.14 bits per heavy atom. The maximum Gasteiger partial charge on any atom is 0.257 e. The van der Waals surface area contributed by atoms with Gasteiger partial charge in [-0.05, 0) is 30.7 Å². The minimum Gasteiger partial charge on any atom is -0.419 e. The molecule has 28 heavy (non-hydrogen) atoms. The van der Waals surface area contributed by atoms with Crippen LogP contribution in [0.2, 0.25) is 10.0 Å². The second-order valence-corrected chi connectivity index (χ2v) is 6.72. The first-order chi connectivity index (χ1) is 13.4. The summed E-state index contributed by atoms with van der Waals surface area (Å²) in [4.78, 5) is 14.1. The van der Waals surface area contributed by atoms with Crippen molar-refractivity contribution < 1.29 is 18.0 Å². The number of hydrogen-bond donors (Lipinski definition) is 0. The second kappa shape index (κ2) is 8.67. The van der Waals surface area contributed by atoms with Gasteiger partial charge in [-0.15, -0.1) is 10.2 Å². The fourth-order valence-corrected chi connectivity index (χ4v) is 2.99. The van der Waals surface area contributed by atoms with Crippen LogP contribution in [0.1, 0.15) is 29.6 Å². The number of amides is 1. The Morgan fingerprint density at radius 2 is 1.89 bits per heavy atom. The summed E-state index contributed by atoms with van der Waals surface area (Å²) in [5, 5.41) is 7.61. The maximum atomic E-state index is 14.2. The Kier molecular flexibility index (Phi) is 6.26. The van der Waals surface area contributed by atoms with Gasteiger partial charge in [0.2, 0.25) is 11.8 Å². The van der Waals surface area contributed by atoms with Gasteiger partial charge in [0.25, 0.3) is 5.91 Å². The Balaban J connectivity index is 1.85. The summed E-state index contributed by atoms with van der Waals surface area (Å²) >= 11 is 11.7. The molecule has 2 aromatic carbocycles. The number of carbonyl (C=O) groups is 1. The van der Waals surface area contributed by atoms with E-state index in [0.29, 0.717) is 23.6 Å². The van der Waals surface area contributed by atoms with E-state index in [9.17, 15) is 13.6 Å². The highest BCUT2D eigenvalue weighted by Crippen LogP contribution is 2.27. The molecule has 146 valence electrons. The van der Waals surface area contributed by atoms with Crippen molar-refractivity contribution in [2.75, 3.05) is 6.54 Å². The fourth-order valence-electron chi connectivity index (χ4n) is 2.61. The van der Waals surface area contributed by atoms with Crippen LogP contribution in [-0.2, 0) is 6.54 Å². The minimum absolute atomic E-state index is 0.0431. The lowest BCUT2D eigenvalue weighted by atomic mass is 10.1. The Labute approximate surface area is 169 Å². The Bertz CT molecular complexity index is 1010. The van der Waals surface area contributed by atoms with E-state index >= 15 is 0 Å². The van der Waals surface area contributed by atoms with Gasteiger partial charge in [-0.1, -0.05) is 42.3 Å². The molecule has 0 radical (unpaired) electrons. The first-order valence-electron chi connectivity index (χ1n) is 8.42. The molecule has 3 rings (SSSR count). The van der Waals surface area contributed by atoms with Crippen LogP contribution in [0.3, 0.4) is 0 Å². The third-order valence-electron chi connectivity index (χ3n) is 3.94. The third kappa shape index (κ3) is 4.15. The van der Waals surface area contributed by atoms with Crippen molar-refractivity contribution in [2.45, 2.75) is 19.9 Å². The zero-order valence-electron chi connectivity index (χ0n) is 14.8. The number of rotatable bonds is 6. The largest absolute Gasteiger partial charge is 0.419 e. The topological polar surface area (TPSA) is 59.2 Å². The highest BCUT2D eigenvalue weighted by Gasteiger charge is 2.24. The van der Waals surface area contributed by atoms with Crippen LogP contribution in [0, 0.1) is 11.6 Å². The molecular formula is C19H15Cl2F2N3O2. The first kappa shape index (κ1) is 20.2. The Morgan fingerprint density at radius 3 is 2.61 bits per heavy atom. The molecule has 0 unspecified atom stereocenters. The van der Waals surface area contributed by atoms with Gasteiger partial charge in [0.15, 0.2) is 5.82 Å². The van der Waals surface area contributed by atoms with Crippen LogP contribution < -0.4 is 0 Å². The SMILES string of the molecule is CCCN(Cc1nnc(-c2ccccc2Cl)o1)C(=O)c1ccc(F)c(Cl)c1F. The van der Waals surface area contributed by atoms with Gasteiger partial charge in [-0.2, -0.15) is 0 Å². The Hall–Kier alpha value is -2.51. The summed E-state index contributed by atoms with van der Waals surface area (Å²) in [5.74, 6) is -2.32. The van der Waals surface area contributed by atoms with Crippen LogP contribution in [0.25, 0.3) is 11.5 Å². The number of aromatic nitrogens is 2. The second-order valence-electron chi connectivity index (χ2n) is 5.93. The van der Waals surface area contributed by atoms with Crippen LogP contribution >= 0.6 is 23.2 Å². The van der Waals surface area contributed by atoms with Gasteiger partial charge >= 0.3 is 0 Å². The lowest BCUT2D eigenvalue weighted by molar-refractivity contribution is 0.0723. The van der Waals surface area contributed by atoms with Crippen molar-refractivity contribution in [3.63, 3.8) is 0 Å². The molecule has 1 heterocycles. The number of benzene rings is 2. The van der Waals surface area contributed by atoms with E-state index in [-0.39, 0.29) is 23.9 Å². The summed E-state index contributed by atoms with van der Waals surface area (Å²) in [6.45, 7) is 2.12. The van der Waals surface area contributed by atoms with Gasteiger partial charge in [0.1, 0.15) is 10.8 Å². The van der Waals surface area contributed by atoms with Crippen LogP contribution in [0.4, 0.5) is 8.78 Å². The fraction of sp³-hybridized carbons (Fsp3) is 0.211. The predicted molar refractivity (Wildman–Crippen MR) is 101 cm³/mol. The van der Waals surface area contributed by atoms with Crippen molar-refractivity contribution in [1.82, 2.24) is 15.1 Å². The van der Waals surface area contributed by atoms with Crippen LogP contribution in [0.15, 0.2) is 40.8 Å². The van der Waals surface area contributed by atoms with E-state index in [2.05, 4.69) is 10.2 Å². The number of halogens is 4. The van der Waals surface area contributed by atoms with Crippen molar-refractivity contribution >= 4 is 29.1 Å². The number of carbonyl (C=O) groups excluding carboxylic acids is 1. The molecule has 0 N–H and O–H groups in total. The van der Waals surface area contributed by atoms with Gasteiger partial charge in [0.05, 0.1) is 22.7 Å². The molecule has 0 saturated heterocycles. The molecule has 3 aromatic rings. The summed E-state index contributed by atoms with van der Waals surface area (Å²) in [6.07, 6.45) is 0.605. The molecule has 9 heteroatoms. The normalized spacial score (nSPS) is 10.9. The molecule has 0 saturated carbocycles. The molecule has 0 aliphatic rings. The van der Waals surface area contributed by atoms with E-state index in [1.165, 1.54) is 4.90 Å². The molecular weight excluding hydrogens is 411 g/mol. The summed E-state index contributed by atoms with van der Waals surface area (Å²) in [6, 6.07) is 8.97. The predicted octanol–water partition coefficient (Wildman–Crippen LogP) is 5.37. The molecule has 0 fully saturated rings.